The Kier molecular flexibility index (Phi) is 7.83. The molecule has 0 fully saturated rings. The van der Waals surface area contributed by atoms with Gasteiger partial charge in [-0.2, -0.15) is 4.80 Å². The van der Waals surface area contributed by atoms with Gasteiger partial charge < -0.3 is 4.74 Å². The molecular formula is C20H21Cl2N5O4S. The van der Waals surface area contributed by atoms with E-state index in [1.54, 1.807) is 37.3 Å². The van der Waals surface area contributed by atoms with E-state index in [4.69, 9.17) is 27.9 Å². The van der Waals surface area contributed by atoms with Gasteiger partial charge in [-0.05, 0) is 41.5 Å². The van der Waals surface area contributed by atoms with Crippen LogP contribution in [0.1, 0.15) is 24.7 Å². The summed E-state index contributed by atoms with van der Waals surface area (Å²) < 4.78 is 33.1. The summed E-state index contributed by atoms with van der Waals surface area (Å²) >= 11 is 12.3. The standard InChI is InChI=1S/C20H21Cl2N5O4S/c1-3-16(25-32(29,30)19-10-5-4-9-18(19)31-2)17(28)12-27-24-20(23-26-27)11-13-14(21)7-6-8-15(13)22/h4-10,16,25H,3,11-12H2,1-2H3. The van der Waals surface area contributed by atoms with Crippen LogP contribution in [0.5, 0.6) is 5.75 Å². The minimum atomic E-state index is -3.99. The number of tetrazole rings is 1. The molecule has 32 heavy (non-hydrogen) atoms. The zero-order valence-electron chi connectivity index (χ0n) is 17.3. The smallest absolute Gasteiger partial charge is 0.244 e. The van der Waals surface area contributed by atoms with Gasteiger partial charge in [-0.3, -0.25) is 4.79 Å². The third-order valence-electron chi connectivity index (χ3n) is 4.64. The number of ether oxygens (including phenoxy) is 1. The first-order valence-electron chi connectivity index (χ1n) is 9.62. The molecule has 0 saturated carbocycles. The van der Waals surface area contributed by atoms with Gasteiger partial charge in [0.2, 0.25) is 10.0 Å². The summed E-state index contributed by atoms with van der Waals surface area (Å²) in [5, 5.41) is 12.9. The second kappa shape index (κ2) is 10.4. The summed E-state index contributed by atoms with van der Waals surface area (Å²) in [6, 6.07) is 10.3. The van der Waals surface area contributed by atoms with Crippen LogP contribution in [-0.2, 0) is 27.8 Å². The number of rotatable bonds is 10. The highest BCUT2D eigenvalue weighted by atomic mass is 35.5. The van der Waals surface area contributed by atoms with E-state index in [0.29, 0.717) is 21.4 Å². The van der Waals surface area contributed by atoms with Crippen LogP contribution in [0.25, 0.3) is 0 Å². The number of para-hydroxylation sites is 1. The highest BCUT2D eigenvalue weighted by molar-refractivity contribution is 7.89. The molecule has 0 bridgehead atoms. The molecule has 1 N–H and O–H groups in total. The number of nitrogens with zero attached hydrogens (tertiary/aromatic N) is 4. The lowest BCUT2D eigenvalue weighted by Gasteiger charge is -2.17. The normalized spacial score (nSPS) is 12.5. The second-order valence-electron chi connectivity index (χ2n) is 6.81. The quantitative estimate of drug-likeness (QED) is 0.457. The average Bonchev–Trinajstić information content (AvgIpc) is 3.21. The number of Topliss-reactive ketones (excluding diaryl/α,β-unsaturated/α-hetero) is 1. The number of hydrogen-bond donors (Lipinski definition) is 1. The Morgan fingerprint density at radius 2 is 1.84 bits per heavy atom. The number of benzene rings is 2. The number of carbonyl (C=O) groups is 1. The van der Waals surface area contributed by atoms with E-state index in [9.17, 15) is 13.2 Å². The molecule has 0 radical (unpaired) electrons. The summed E-state index contributed by atoms with van der Waals surface area (Å²) in [6.45, 7) is 1.45. The molecule has 3 aromatic rings. The summed E-state index contributed by atoms with van der Waals surface area (Å²) in [6.07, 6.45) is 0.480. The van der Waals surface area contributed by atoms with Crippen molar-refractivity contribution >= 4 is 39.0 Å². The summed E-state index contributed by atoms with van der Waals surface area (Å²) in [5.41, 5.74) is 0.651. The predicted octanol–water partition coefficient (Wildman–Crippen LogP) is 2.91. The fraction of sp³-hybridized carbons (Fsp3) is 0.300. The molecule has 1 heterocycles. The van der Waals surface area contributed by atoms with Crippen LogP contribution >= 0.6 is 23.2 Å². The van der Waals surface area contributed by atoms with Crippen LogP contribution in [0.2, 0.25) is 10.0 Å². The predicted molar refractivity (Wildman–Crippen MR) is 119 cm³/mol. The van der Waals surface area contributed by atoms with Gasteiger partial charge in [0.25, 0.3) is 0 Å². The maximum atomic E-state index is 12.8. The Bertz CT molecular complexity index is 1200. The van der Waals surface area contributed by atoms with Crippen LogP contribution < -0.4 is 9.46 Å². The minimum Gasteiger partial charge on any atom is -0.495 e. The zero-order valence-corrected chi connectivity index (χ0v) is 19.7. The number of nitrogens with one attached hydrogen (secondary N) is 1. The molecule has 0 amide bonds. The van der Waals surface area contributed by atoms with Crippen molar-refractivity contribution in [1.82, 2.24) is 24.9 Å². The Morgan fingerprint density at radius 1 is 1.16 bits per heavy atom. The van der Waals surface area contributed by atoms with E-state index in [2.05, 4.69) is 20.1 Å². The van der Waals surface area contributed by atoms with Crippen molar-refractivity contribution < 1.29 is 17.9 Å². The SMILES string of the molecule is CCC(NS(=O)(=O)c1ccccc1OC)C(=O)Cn1nnc(Cc2c(Cl)cccc2Cl)n1. The number of ketones is 1. The van der Waals surface area contributed by atoms with Gasteiger partial charge in [-0.1, -0.05) is 48.3 Å². The lowest BCUT2D eigenvalue weighted by Crippen LogP contribution is -2.42. The molecule has 1 atom stereocenters. The molecule has 0 saturated heterocycles. The van der Waals surface area contributed by atoms with Crippen molar-refractivity contribution in [2.75, 3.05) is 7.11 Å². The Morgan fingerprint density at radius 3 is 2.50 bits per heavy atom. The van der Waals surface area contributed by atoms with Crippen LogP contribution in [-0.4, -0.2) is 47.6 Å². The summed E-state index contributed by atoms with van der Waals surface area (Å²) in [4.78, 5) is 13.8. The van der Waals surface area contributed by atoms with E-state index >= 15 is 0 Å². The van der Waals surface area contributed by atoms with Crippen molar-refractivity contribution in [2.45, 2.75) is 37.2 Å². The first-order valence-corrected chi connectivity index (χ1v) is 11.9. The molecule has 2 aromatic carbocycles. The fourth-order valence-corrected chi connectivity index (χ4v) is 5.00. The third-order valence-corrected chi connectivity index (χ3v) is 6.86. The van der Waals surface area contributed by atoms with Gasteiger partial charge >= 0.3 is 0 Å². The van der Waals surface area contributed by atoms with E-state index in [-0.39, 0.29) is 30.0 Å². The number of sulfonamides is 1. The highest BCUT2D eigenvalue weighted by Crippen LogP contribution is 2.26. The van der Waals surface area contributed by atoms with E-state index < -0.39 is 21.8 Å². The highest BCUT2D eigenvalue weighted by Gasteiger charge is 2.27. The number of hydrogen-bond acceptors (Lipinski definition) is 7. The van der Waals surface area contributed by atoms with Crippen molar-refractivity contribution in [3.63, 3.8) is 0 Å². The van der Waals surface area contributed by atoms with Gasteiger partial charge in [0.1, 0.15) is 17.2 Å². The summed E-state index contributed by atoms with van der Waals surface area (Å²) in [5.74, 6) is 0.101. The molecule has 1 unspecified atom stereocenters. The molecule has 0 aliphatic carbocycles. The number of aromatic nitrogens is 4. The number of carbonyl (C=O) groups excluding carboxylic acids is 1. The van der Waals surface area contributed by atoms with Gasteiger partial charge in [-0.15, -0.1) is 10.2 Å². The molecule has 3 rings (SSSR count). The Labute approximate surface area is 195 Å². The van der Waals surface area contributed by atoms with E-state index in [1.807, 2.05) is 0 Å². The van der Waals surface area contributed by atoms with Gasteiger partial charge in [0, 0.05) is 16.5 Å². The van der Waals surface area contributed by atoms with Gasteiger partial charge in [0.05, 0.1) is 13.2 Å². The second-order valence-corrected chi connectivity index (χ2v) is 9.31. The molecule has 0 spiro atoms. The maximum Gasteiger partial charge on any atom is 0.244 e. The fourth-order valence-electron chi connectivity index (χ4n) is 2.99. The largest absolute Gasteiger partial charge is 0.495 e. The lowest BCUT2D eigenvalue weighted by molar-refractivity contribution is -0.121. The maximum absolute atomic E-state index is 12.8. The molecule has 0 aliphatic rings. The van der Waals surface area contributed by atoms with Gasteiger partial charge in [-0.25, -0.2) is 13.1 Å². The van der Waals surface area contributed by atoms with Crippen molar-refractivity contribution in [3.8, 4) is 5.75 Å². The molecular weight excluding hydrogens is 477 g/mol. The van der Waals surface area contributed by atoms with E-state index in [1.165, 1.54) is 19.2 Å². The van der Waals surface area contributed by atoms with Crippen LogP contribution in [0.3, 0.4) is 0 Å². The van der Waals surface area contributed by atoms with Crippen molar-refractivity contribution in [1.29, 1.82) is 0 Å². The number of halogens is 2. The van der Waals surface area contributed by atoms with Gasteiger partial charge in [0.15, 0.2) is 11.6 Å². The Balaban J connectivity index is 1.71. The minimum absolute atomic E-state index is 0.0495. The van der Waals surface area contributed by atoms with Crippen LogP contribution in [0, 0.1) is 0 Å². The van der Waals surface area contributed by atoms with Crippen LogP contribution in [0.4, 0.5) is 0 Å². The third kappa shape index (κ3) is 5.63. The molecule has 0 aliphatic heterocycles. The zero-order chi connectivity index (χ0) is 23.3. The number of methoxy groups -OCH3 is 1. The Hall–Kier alpha value is -2.53. The molecule has 12 heteroatoms. The van der Waals surface area contributed by atoms with E-state index in [0.717, 1.165) is 4.80 Å². The first-order chi connectivity index (χ1) is 15.2. The first kappa shape index (κ1) is 24.1. The average molecular weight is 498 g/mol. The lowest BCUT2D eigenvalue weighted by atomic mass is 10.1. The monoisotopic (exact) mass is 497 g/mol. The molecule has 170 valence electrons. The van der Waals surface area contributed by atoms with Crippen molar-refractivity contribution in [3.05, 3.63) is 63.9 Å². The van der Waals surface area contributed by atoms with Crippen molar-refractivity contribution in [2.24, 2.45) is 0 Å². The topological polar surface area (TPSA) is 116 Å². The molecule has 9 nitrogen and oxygen atoms in total. The summed E-state index contributed by atoms with van der Waals surface area (Å²) in [7, 11) is -2.61. The molecule has 1 aromatic heterocycles. The van der Waals surface area contributed by atoms with Crippen LogP contribution in [0.15, 0.2) is 47.4 Å².